The first-order valence-electron chi connectivity index (χ1n) is 8.97. The molecule has 4 nitrogen and oxygen atoms in total. The van der Waals surface area contributed by atoms with E-state index in [-0.39, 0.29) is 12.5 Å². The van der Waals surface area contributed by atoms with Crippen LogP contribution in [0.1, 0.15) is 91.4 Å². The lowest BCUT2D eigenvalue weighted by atomic mass is 9.97. The van der Waals surface area contributed by atoms with Crippen LogP contribution in [0, 0.1) is 11.8 Å². The highest BCUT2D eigenvalue weighted by molar-refractivity contribution is 7.80. The molecule has 0 aromatic carbocycles. The van der Waals surface area contributed by atoms with Crippen molar-refractivity contribution in [3.8, 4) is 0 Å². The average Bonchev–Trinajstić information content (AvgIpc) is 2.43. The topological polar surface area (TPSA) is 63.6 Å². The van der Waals surface area contributed by atoms with E-state index < -0.39 is 10.4 Å². The molecule has 0 aliphatic heterocycles. The monoisotopic (exact) mass is 336 g/mol. The molecule has 22 heavy (non-hydrogen) atoms. The van der Waals surface area contributed by atoms with Gasteiger partial charge in [0.1, 0.15) is 0 Å². The van der Waals surface area contributed by atoms with Crippen LogP contribution in [0.25, 0.3) is 0 Å². The van der Waals surface area contributed by atoms with Gasteiger partial charge in [-0.2, -0.15) is 8.42 Å². The van der Waals surface area contributed by atoms with E-state index in [4.69, 9.17) is 4.55 Å². The Bertz CT molecular complexity index is 341. The molecule has 0 spiro atoms. The molecule has 0 amide bonds. The minimum absolute atomic E-state index is 0.0782. The Morgan fingerprint density at radius 3 is 1.73 bits per heavy atom. The van der Waals surface area contributed by atoms with E-state index in [2.05, 4.69) is 18.0 Å². The molecule has 5 heteroatoms. The lowest BCUT2D eigenvalue weighted by Gasteiger charge is -2.10. The molecule has 0 saturated carbocycles. The highest BCUT2D eigenvalue weighted by atomic mass is 32.3. The number of hydrogen-bond donors (Lipinski definition) is 1. The molecule has 0 aliphatic carbocycles. The fraction of sp³-hybridized carbons (Fsp3) is 1.00. The van der Waals surface area contributed by atoms with Gasteiger partial charge in [-0.15, -0.1) is 0 Å². The standard InChI is InChI=1S/C17H36O4S/c1-4-12-16(2)13-10-8-6-5-7-9-11-14-17(3)15-21-22(18,19)20/h16-17H,4-15H2,1-3H3,(H,18,19,20). The van der Waals surface area contributed by atoms with Crippen molar-refractivity contribution in [2.75, 3.05) is 6.61 Å². The van der Waals surface area contributed by atoms with Gasteiger partial charge in [-0.1, -0.05) is 85.0 Å². The third kappa shape index (κ3) is 16.2. The third-order valence-corrected chi connectivity index (χ3v) is 4.61. The molecule has 1 N–H and O–H groups in total. The van der Waals surface area contributed by atoms with Crippen LogP contribution >= 0.6 is 0 Å². The van der Waals surface area contributed by atoms with Crippen LogP contribution in [0.2, 0.25) is 0 Å². The average molecular weight is 337 g/mol. The van der Waals surface area contributed by atoms with Crippen LogP contribution in [0.5, 0.6) is 0 Å². The molecule has 0 heterocycles. The van der Waals surface area contributed by atoms with Crippen molar-refractivity contribution in [3.05, 3.63) is 0 Å². The maximum absolute atomic E-state index is 10.4. The van der Waals surface area contributed by atoms with Gasteiger partial charge < -0.3 is 0 Å². The van der Waals surface area contributed by atoms with Crippen molar-refractivity contribution in [1.29, 1.82) is 0 Å². The second-order valence-corrected chi connectivity index (χ2v) is 7.85. The van der Waals surface area contributed by atoms with Crippen molar-refractivity contribution in [1.82, 2.24) is 0 Å². The molecule has 134 valence electrons. The molecule has 2 unspecified atom stereocenters. The summed E-state index contributed by atoms with van der Waals surface area (Å²) in [7, 11) is -4.28. The van der Waals surface area contributed by atoms with Gasteiger partial charge in [0.25, 0.3) is 0 Å². The van der Waals surface area contributed by atoms with E-state index in [1.807, 2.05) is 6.92 Å². The normalized spacial score (nSPS) is 14.9. The Morgan fingerprint density at radius 1 is 0.818 bits per heavy atom. The zero-order chi connectivity index (χ0) is 16.8. The predicted molar refractivity (Wildman–Crippen MR) is 92.3 cm³/mol. The Hall–Kier alpha value is -0.130. The molecule has 0 aromatic rings. The van der Waals surface area contributed by atoms with Crippen molar-refractivity contribution < 1.29 is 17.2 Å². The second kappa shape index (κ2) is 13.3. The van der Waals surface area contributed by atoms with Crippen LogP contribution in [0.15, 0.2) is 0 Å². The molecule has 0 fully saturated rings. The van der Waals surface area contributed by atoms with Crippen molar-refractivity contribution in [2.45, 2.75) is 91.4 Å². The Kier molecular flexibility index (Phi) is 13.2. The van der Waals surface area contributed by atoms with Crippen LogP contribution in [-0.2, 0) is 14.6 Å². The SMILES string of the molecule is CCCC(C)CCCCCCCCCC(C)COS(=O)(=O)O. The van der Waals surface area contributed by atoms with E-state index in [0.717, 1.165) is 18.8 Å². The zero-order valence-corrected chi connectivity index (χ0v) is 15.5. The molecular weight excluding hydrogens is 300 g/mol. The lowest BCUT2D eigenvalue weighted by molar-refractivity contribution is 0.222. The van der Waals surface area contributed by atoms with Gasteiger partial charge in [-0.25, -0.2) is 4.18 Å². The van der Waals surface area contributed by atoms with E-state index in [0.29, 0.717) is 0 Å². The Morgan fingerprint density at radius 2 is 1.27 bits per heavy atom. The lowest BCUT2D eigenvalue weighted by Crippen LogP contribution is -2.11. The highest BCUT2D eigenvalue weighted by Crippen LogP contribution is 2.17. The fourth-order valence-electron chi connectivity index (χ4n) is 2.79. The Labute approximate surface area is 138 Å². The number of rotatable bonds is 15. The van der Waals surface area contributed by atoms with E-state index >= 15 is 0 Å². The van der Waals surface area contributed by atoms with Gasteiger partial charge in [0.15, 0.2) is 0 Å². The largest absolute Gasteiger partial charge is 0.397 e. The van der Waals surface area contributed by atoms with Gasteiger partial charge in [0.05, 0.1) is 6.61 Å². The van der Waals surface area contributed by atoms with Crippen LogP contribution < -0.4 is 0 Å². The van der Waals surface area contributed by atoms with Crippen molar-refractivity contribution in [2.24, 2.45) is 11.8 Å². The summed E-state index contributed by atoms with van der Waals surface area (Å²) in [6.45, 7) is 6.64. The number of unbranched alkanes of at least 4 members (excludes halogenated alkanes) is 6. The molecule has 0 rings (SSSR count). The summed E-state index contributed by atoms with van der Waals surface area (Å²) in [5, 5.41) is 0. The van der Waals surface area contributed by atoms with Gasteiger partial charge in [0, 0.05) is 0 Å². The first-order chi connectivity index (χ1) is 10.3. The molecule has 0 radical (unpaired) electrons. The maximum atomic E-state index is 10.4. The number of hydrogen-bond acceptors (Lipinski definition) is 3. The molecule has 0 bridgehead atoms. The smallest absolute Gasteiger partial charge is 0.264 e. The van der Waals surface area contributed by atoms with Gasteiger partial charge in [-0.3, -0.25) is 4.55 Å². The summed E-state index contributed by atoms with van der Waals surface area (Å²) in [4.78, 5) is 0. The van der Waals surface area contributed by atoms with Crippen LogP contribution in [0.4, 0.5) is 0 Å². The van der Waals surface area contributed by atoms with Crippen molar-refractivity contribution >= 4 is 10.4 Å². The van der Waals surface area contributed by atoms with Gasteiger partial charge in [-0.05, 0) is 18.3 Å². The molecule has 0 aliphatic rings. The molecule has 2 atom stereocenters. The van der Waals surface area contributed by atoms with Crippen LogP contribution in [0.3, 0.4) is 0 Å². The molecule has 0 saturated heterocycles. The van der Waals surface area contributed by atoms with E-state index in [1.165, 1.54) is 57.8 Å². The molecule has 0 aromatic heterocycles. The summed E-state index contributed by atoms with van der Waals surface area (Å²) >= 11 is 0. The third-order valence-electron chi connectivity index (χ3n) is 4.18. The quantitative estimate of drug-likeness (QED) is 0.322. The van der Waals surface area contributed by atoms with Gasteiger partial charge in [0.2, 0.25) is 0 Å². The van der Waals surface area contributed by atoms with Crippen LogP contribution in [-0.4, -0.2) is 19.6 Å². The van der Waals surface area contributed by atoms with E-state index in [1.54, 1.807) is 0 Å². The van der Waals surface area contributed by atoms with Gasteiger partial charge >= 0.3 is 10.4 Å². The summed E-state index contributed by atoms with van der Waals surface area (Å²) in [6.07, 6.45) is 13.9. The fourth-order valence-corrected chi connectivity index (χ4v) is 3.20. The minimum atomic E-state index is -4.28. The minimum Gasteiger partial charge on any atom is -0.264 e. The summed E-state index contributed by atoms with van der Waals surface area (Å²) in [5.74, 6) is 1.05. The summed E-state index contributed by atoms with van der Waals surface area (Å²) < 4.78 is 33.8. The van der Waals surface area contributed by atoms with E-state index in [9.17, 15) is 8.42 Å². The predicted octanol–water partition coefficient (Wildman–Crippen LogP) is 5.39. The Balaban J connectivity index is 3.29. The summed E-state index contributed by atoms with van der Waals surface area (Å²) in [6, 6.07) is 0. The van der Waals surface area contributed by atoms with Crippen molar-refractivity contribution in [3.63, 3.8) is 0 Å². The second-order valence-electron chi connectivity index (χ2n) is 6.76. The first kappa shape index (κ1) is 21.9. The maximum Gasteiger partial charge on any atom is 0.397 e. The zero-order valence-electron chi connectivity index (χ0n) is 14.7. The molecular formula is C17H36O4S. The summed E-state index contributed by atoms with van der Waals surface area (Å²) in [5.41, 5.74) is 0. The highest BCUT2D eigenvalue weighted by Gasteiger charge is 2.09. The first-order valence-corrected chi connectivity index (χ1v) is 10.3.